The zero-order valence-electron chi connectivity index (χ0n) is 59.2. The highest BCUT2D eigenvalue weighted by atomic mass is 127. The van der Waals surface area contributed by atoms with E-state index in [0.717, 1.165) is 17.6 Å². The van der Waals surface area contributed by atoms with E-state index < -0.39 is 71.3 Å². The summed E-state index contributed by atoms with van der Waals surface area (Å²) in [4.78, 5) is 50.4. The van der Waals surface area contributed by atoms with Crippen molar-refractivity contribution in [1.29, 1.82) is 0 Å². The van der Waals surface area contributed by atoms with E-state index in [1.807, 2.05) is 85.1 Å². The van der Waals surface area contributed by atoms with Gasteiger partial charge in [0.2, 0.25) is 0 Å². The number of methoxy groups -OCH3 is 2. The summed E-state index contributed by atoms with van der Waals surface area (Å²) in [6.07, 6.45) is 9.81. The molecule has 9 heterocycles. The number of nitrogens with zero attached hydrogens (tertiary/aromatic N) is 10. The van der Waals surface area contributed by atoms with Crippen LogP contribution in [0.4, 0.5) is 38.8 Å². The lowest BCUT2D eigenvalue weighted by Gasteiger charge is -2.36. The molecule has 31 heteroatoms. The van der Waals surface area contributed by atoms with Crippen LogP contribution in [0.2, 0.25) is 0 Å². The summed E-state index contributed by atoms with van der Waals surface area (Å²) >= 11 is 2.07. The highest BCUT2D eigenvalue weighted by molar-refractivity contribution is 14.1. The predicted octanol–water partition coefficient (Wildman–Crippen LogP) is 10.1. The number of hydrogen-bond acceptors (Lipinski definition) is 18. The number of aromatic nitrogens is 6. The van der Waals surface area contributed by atoms with E-state index >= 15 is 13.2 Å². The van der Waals surface area contributed by atoms with Gasteiger partial charge in [-0.05, 0) is 153 Å². The molecule has 0 spiro atoms. The van der Waals surface area contributed by atoms with Crippen LogP contribution >= 0.6 is 22.6 Å². The van der Waals surface area contributed by atoms with E-state index in [2.05, 4.69) is 32.6 Å². The molecule has 554 valence electrons. The molecular formula is C71H90BF4I2N10O12S2-. The summed E-state index contributed by atoms with van der Waals surface area (Å²) < 4.78 is 148. The Labute approximate surface area is 626 Å². The van der Waals surface area contributed by atoms with Crippen LogP contribution in [0.3, 0.4) is 0 Å². The number of amides is 2. The van der Waals surface area contributed by atoms with Crippen molar-refractivity contribution < 1.29 is 96.2 Å². The first kappa shape index (κ1) is 82.2. The maximum atomic E-state index is 16.0. The number of pyridine rings is 4. The Hall–Kier alpha value is -7.08. The predicted molar refractivity (Wildman–Crippen MR) is 393 cm³/mol. The number of rotatable bonds is 16. The first-order valence-electron chi connectivity index (χ1n) is 32.8. The molecule has 3 aliphatic heterocycles. The minimum Gasteiger partial charge on any atom is -1.00 e. The largest absolute Gasteiger partial charge is 1.00 e. The number of carbonyl (C=O) groups is 2. The normalized spacial score (nSPS) is 15.4. The Bertz CT molecular complexity index is 4530. The molecule has 3 saturated heterocycles. The van der Waals surface area contributed by atoms with Gasteiger partial charge in [0.05, 0.1) is 80.9 Å². The number of sulfone groups is 2. The number of ether oxygens (including phenoxy) is 4. The molecule has 0 saturated carbocycles. The van der Waals surface area contributed by atoms with Crippen LogP contribution in [0.15, 0.2) is 97.8 Å². The summed E-state index contributed by atoms with van der Waals surface area (Å²) in [6.45, 7) is 26.5. The average Bonchev–Trinajstić information content (AvgIpc) is 1.55. The van der Waals surface area contributed by atoms with Gasteiger partial charge in [0.1, 0.15) is 62.9 Å². The quantitative estimate of drug-likeness (QED) is 0.0497. The van der Waals surface area contributed by atoms with Gasteiger partial charge in [-0.1, -0.05) is 33.4 Å². The topological polar surface area (TPSA) is 232 Å². The Morgan fingerprint density at radius 2 is 1.00 bits per heavy atom. The van der Waals surface area contributed by atoms with Gasteiger partial charge in [0, 0.05) is 105 Å². The van der Waals surface area contributed by atoms with Crippen molar-refractivity contribution in [2.75, 3.05) is 87.9 Å². The van der Waals surface area contributed by atoms with Gasteiger partial charge in [-0.3, -0.25) is 9.97 Å². The number of halogens is 6. The highest BCUT2D eigenvalue weighted by Gasteiger charge is 2.52. The van der Waals surface area contributed by atoms with Crippen molar-refractivity contribution in [2.24, 2.45) is 0 Å². The maximum Gasteiger partial charge on any atom is 0.496 e. The van der Waals surface area contributed by atoms with Gasteiger partial charge in [-0.25, -0.2) is 54.0 Å². The molecule has 0 aliphatic carbocycles. The van der Waals surface area contributed by atoms with E-state index in [9.17, 15) is 30.8 Å². The van der Waals surface area contributed by atoms with Gasteiger partial charge < -0.3 is 81.0 Å². The van der Waals surface area contributed by atoms with Crippen LogP contribution in [0.5, 0.6) is 11.5 Å². The van der Waals surface area contributed by atoms with Crippen molar-refractivity contribution >= 4 is 101 Å². The molecule has 3 fully saturated rings. The number of hydrogen-bond donors (Lipinski definition) is 0. The SMILES string of the molecule is C.CCCS(=O)(=O)Cc1ccc(F)c(-n2cc(-c3cncc(OC)c3)c3nc(N4CCN(C(=O)OC(C)(C)C)CC4)ccc32)c1F.CCCS(=O)(=O)Cc1ccc(F)c(-n2cc(I)c3nc(N4CCN(C(=O)OC(C)(C)C)CC4)ccc32)c1F.COc1cncc(B2OC(C)(C)C(C)(C)O2)c1.[I-]. The first-order valence-corrected chi connectivity index (χ1v) is 37.5. The molecule has 8 aromatic rings. The van der Waals surface area contributed by atoms with Gasteiger partial charge in [0.25, 0.3) is 0 Å². The highest BCUT2D eigenvalue weighted by Crippen LogP contribution is 2.39. The Kier molecular flexibility index (Phi) is 26.9. The van der Waals surface area contributed by atoms with Crippen molar-refractivity contribution in [3.8, 4) is 34.0 Å². The molecule has 0 N–H and O–H groups in total. The van der Waals surface area contributed by atoms with Crippen molar-refractivity contribution in [1.82, 2.24) is 38.9 Å². The Balaban J connectivity index is 0.000000231. The van der Waals surface area contributed by atoms with E-state index in [-0.39, 0.29) is 90.2 Å². The second-order valence-electron chi connectivity index (χ2n) is 27.5. The van der Waals surface area contributed by atoms with Crippen LogP contribution < -0.4 is 48.7 Å². The maximum absolute atomic E-state index is 16.0. The molecule has 2 aromatic carbocycles. The van der Waals surface area contributed by atoms with Crippen LogP contribution in [0.1, 0.15) is 114 Å². The molecular weight excluding hydrogens is 1590 g/mol. The summed E-state index contributed by atoms with van der Waals surface area (Å²) in [5, 5.41) is 0. The Morgan fingerprint density at radius 1 is 0.588 bits per heavy atom. The zero-order chi connectivity index (χ0) is 73.0. The summed E-state index contributed by atoms with van der Waals surface area (Å²) in [7, 11) is -4.36. The van der Waals surface area contributed by atoms with Crippen LogP contribution in [-0.4, -0.2) is 175 Å². The van der Waals surface area contributed by atoms with E-state index in [1.54, 1.807) is 98.3 Å². The van der Waals surface area contributed by atoms with Crippen LogP contribution in [0.25, 0.3) is 44.6 Å². The summed E-state index contributed by atoms with van der Waals surface area (Å²) in [5.41, 5.74) is 1.24. The molecule has 6 aromatic heterocycles. The lowest BCUT2D eigenvalue weighted by Crippen LogP contribution is -3.00. The number of fused-ring (bicyclic) bond motifs is 2. The molecule has 22 nitrogen and oxygen atoms in total. The van der Waals surface area contributed by atoms with Gasteiger partial charge in [-0.2, -0.15) is 0 Å². The van der Waals surface area contributed by atoms with E-state index in [4.69, 9.17) is 38.2 Å². The lowest BCUT2D eigenvalue weighted by atomic mass is 9.80. The molecule has 2 amide bonds. The molecule has 0 atom stereocenters. The fourth-order valence-electron chi connectivity index (χ4n) is 11.4. The van der Waals surface area contributed by atoms with Crippen molar-refractivity contribution in [2.45, 2.75) is 137 Å². The van der Waals surface area contributed by atoms with E-state index in [1.165, 1.54) is 28.4 Å². The number of anilines is 2. The van der Waals surface area contributed by atoms with Gasteiger partial charge in [0.15, 0.2) is 31.3 Å². The molecule has 0 bridgehead atoms. The van der Waals surface area contributed by atoms with Gasteiger partial charge >= 0.3 is 19.3 Å². The molecule has 102 heavy (non-hydrogen) atoms. The van der Waals surface area contributed by atoms with Crippen molar-refractivity contribution in [3.05, 3.63) is 136 Å². The molecule has 0 unspecified atom stereocenters. The average molecular weight is 1680 g/mol. The molecule has 3 aliphatic rings. The standard InChI is InChI=1S/C32H37F2N5O5S.C26H31F2IN4O4S.C12H18BNO3.CH4.HI/c1-6-15-45(41,42)20-21-7-8-25(33)30(28(21)34)39-19-24(22-16-23(43-5)18-35-17-22)29-26(39)9-10-27(36-29)37-11-13-38(14-12-37)31(40)44-32(2,3)4;1-5-14-38(35,36)16-17-6-7-18(27)24(22(17)28)33-15-19(29)23-20(33)8-9-21(30-23)31-10-12-32(13-11-31)25(34)37-26(2,3)4;1-11(2)12(3,4)17-13(16-11)9-6-10(15-5)8-14-7-9;;/h7-10,16-19H,6,11-15,20H2,1-5H3;6-9,15H,5,10-14,16H2,1-4H3;6-8H,1-5H3;1H4;1H/p-1. The third-order valence-electron chi connectivity index (χ3n) is 17.0. The third kappa shape index (κ3) is 19.6. The number of benzene rings is 2. The Morgan fingerprint density at radius 3 is 1.43 bits per heavy atom. The minimum atomic E-state index is -3.59. The minimum absolute atomic E-state index is 0. The molecule has 0 radical (unpaired) electrons. The smallest absolute Gasteiger partial charge is 0.496 e. The number of carbonyl (C=O) groups excluding carboxylic acids is 2. The van der Waals surface area contributed by atoms with Crippen LogP contribution in [-0.2, 0) is 50.0 Å². The van der Waals surface area contributed by atoms with E-state index in [0.29, 0.717) is 125 Å². The first-order chi connectivity index (χ1) is 46.9. The fourth-order valence-corrected chi connectivity index (χ4v) is 15.0. The van der Waals surface area contributed by atoms with Crippen LogP contribution in [0, 0.1) is 26.8 Å². The fraction of sp³-hybridized carbons (Fsp3) is 0.465. The second kappa shape index (κ2) is 33.4. The zero-order valence-corrected chi connectivity index (χ0v) is 65.1. The monoisotopic (exact) mass is 1680 g/mol. The number of piperazine rings is 2. The lowest BCUT2D eigenvalue weighted by molar-refractivity contribution is -0.000110. The summed E-state index contributed by atoms with van der Waals surface area (Å²) in [5.74, 6) is -2.19. The molecule has 11 rings (SSSR count). The van der Waals surface area contributed by atoms with Crippen molar-refractivity contribution in [3.63, 3.8) is 0 Å². The second-order valence-corrected chi connectivity index (χ2v) is 33.1. The summed E-state index contributed by atoms with van der Waals surface area (Å²) in [6, 6.07) is 15.2. The van der Waals surface area contributed by atoms with Gasteiger partial charge in [-0.15, -0.1) is 0 Å². The third-order valence-corrected chi connectivity index (χ3v) is 21.4.